The molecule has 0 aromatic carbocycles. The summed E-state index contributed by atoms with van der Waals surface area (Å²) in [4.78, 5) is 17.4. The third kappa shape index (κ3) is 6.97. The number of nitrogens with zero attached hydrogens (tertiary/aromatic N) is 2. The Hall–Kier alpha value is -1.71. The molecule has 0 spiro atoms. The maximum atomic E-state index is 11.4. The van der Waals surface area contributed by atoms with Gasteiger partial charge in [-0.15, -0.1) is 0 Å². The first-order chi connectivity index (χ1) is 11.9. The number of pyridine rings is 1. The van der Waals surface area contributed by atoms with Gasteiger partial charge in [-0.1, -0.05) is 0 Å². The number of hydrogen-bond acceptors (Lipinski definition) is 6. The zero-order valence-corrected chi connectivity index (χ0v) is 15.5. The highest BCUT2D eigenvalue weighted by molar-refractivity contribution is 7.89. The summed E-state index contributed by atoms with van der Waals surface area (Å²) in [5, 5.41) is 2.71. The van der Waals surface area contributed by atoms with Crippen molar-refractivity contribution >= 4 is 15.9 Å². The molecule has 25 heavy (non-hydrogen) atoms. The van der Waals surface area contributed by atoms with E-state index in [0.717, 1.165) is 37.5 Å². The van der Waals surface area contributed by atoms with E-state index in [4.69, 9.17) is 4.74 Å². The van der Waals surface area contributed by atoms with Crippen molar-refractivity contribution < 1.29 is 17.9 Å². The molecule has 0 radical (unpaired) electrons. The van der Waals surface area contributed by atoms with Crippen molar-refractivity contribution in [2.75, 3.05) is 32.4 Å². The fourth-order valence-corrected chi connectivity index (χ4v) is 3.42. The van der Waals surface area contributed by atoms with Gasteiger partial charge in [-0.25, -0.2) is 13.1 Å². The van der Waals surface area contributed by atoms with Crippen LogP contribution in [0, 0.1) is 0 Å². The van der Waals surface area contributed by atoms with Crippen molar-refractivity contribution in [3.05, 3.63) is 24.0 Å². The van der Waals surface area contributed by atoms with Gasteiger partial charge >= 0.3 is 0 Å². The lowest BCUT2D eigenvalue weighted by Crippen LogP contribution is -2.29. The zero-order chi connectivity index (χ0) is 18.3. The molecule has 0 saturated carbocycles. The van der Waals surface area contributed by atoms with E-state index >= 15 is 0 Å². The van der Waals surface area contributed by atoms with Crippen LogP contribution >= 0.6 is 0 Å². The molecule has 1 aromatic heterocycles. The molecule has 1 atom stereocenters. The van der Waals surface area contributed by atoms with Gasteiger partial charge < -0.3 is 10.1 Å². The van der Waals surface area contributed by atoms with Crippen molar-refractivity contribution in [3.63, 3.8) is 0 Å². The summed E-state index contributed by atoms with van der Waals surface area (Å²) < 4.78 is 31.2. The van der Waals surface area contributed by atoms with E-state index in [-0.39, 0.29) is 17.8 Å². The van der Waals surface area contributed by atoms with E-state index < -0.39 is 10.0 Å². The lowest BCUT2D eigenvalue weighted by Gasteiger charge is -2.17. The second-order valence-electron chi connectivity index (χ2n) is 6.10. The summed E-state index contributed by atoms with van der Waals surface area (Å²) in [6.07, 6.45) is 3.26. The van der Waals surface area contributed by atoms with E-state index in [9.17, 15) is 13.2 Å². The van der Waals surface area contributed by atoms with Gasteiger partial charge in [-0.3, -0.25) is 14.7 Å². The lowest BCUT2D eigenvalue weighted by atomic mass is 10.3. The molecule has 1 fully saturated rings. The third-order valence-electron chi connectivity index (χ3n) is 4.04. The van der Waals surface area contributed by atoms with Crippen LogP contribution in [-0.4, -0.2) is 62.7 Å². The van der Waals surface area contributed by atoms with Crippen LogP contribution in [0.2, 0.25) is 0 Å². The minimum atomic E-state index is -3.13. The van der Waals surface area contributed by atoms with Crippen LogP contribution < -0.4 is 14.8 Å². The third-order valence-corrected chi connectivity index (χ3v) is 5.48. The Morgan fingerprint density at radius 3 is 3.00 bits per heavy atom. The van der Waals surface area contributed by atoms with Gasteiger partial charge in [0.15, 0.2) is 0 Å². The number of carbonyl (C=O) groups excluding carboxylic acids is 1. The molecule has 1 aliphatic rings. The Kier molecular flexibility index (Phi) is 7.15. The highest BCUT2D eigenvalue weighted by atomic mass is 32.2. The minimum absolute atomic E-state index is 0.0805. The van der Waals surface area contributed by atoms with Gasteiger partial charge in [0.05, 0.1) is 18.0 Å². The number of rotatable bonds is 9. The normalized spacial score (nSPS) is 18.2. The predicted molar refractivity (Wildman–Crippen MR) is 94.7 cm³/mol. The Morgan fingerprint density at radius 2 is 2.28 bits per heavy atom. The van der Waals surface area contributed by atoms with Crippen molar-refractivity contribution in [3.8, 4) is 5.75 Å². The molecular weight excluding hydrogens is 344 g/mol. The van der Waals surface area contributed by atoms with E-state index in [1.807, 2.05) is 6.07 Å². The number of carbonyl (C=O) groups is 1. The average Bonchev–Trinajstić information content (AvgIpc) is 3.00. The lowest BCUT2D eigenvalue weighted by molar-refractivity contribution is -0.119. The number of sulfonamides is 1. The molecule has 2 N–H and O–H groups in total. The second kappa shape index (κ2) is 9.12. The summed E-state index contributed by atoms with van der Waals surface area (Å²) in [5.74, 6) is 0.780. The van der Waals surface area contributed by atoms with Crippen molar-refractivity contribution in [2.24, 2.45) is 0 Å². The highest BCUT2D eigenvalue weighted by Gasteiger charge is 2.24. The zero-order valence-electron chi connectivity index (χ0n) is 14.7. The van der Waals surface area contributed by atoms with Crippen LogP contribution in [-0.2, 0) is 21.4 Å². The predicted octanol–water partition coefficient (Wildman–Crippen LogP) is 0.110. The topological polar surface area (TPSA) is 101 Å². The van der Waals surface area contributed by atoms with Crippen LogP contribution in [0.1, 0.15) is 25.5 Å². The monoisotopic (exact) mass is 370 g/mol. The number of likely N-dealkylation sites (tertiary alicyclic amines) is 1. The fraction of sp³-hybridized carbons (Fsp3) is 0.625. The molecular formula is C16H26N4O4S. The summed E-state index contributed by atoms with van der Waals surface area (Å²) in [6.45, 7) is 4.26. The Balaban J connectivity index is 1.77. The van der Waals surface area contributed by atoms with Crippen LogP contribution in [0.5, 0.6) is 5.75 Å². The molecule has 0 aliphatic carbocycles. The Morgan fingerprint density at radius 1 is 1.48 bits per heavy atom. The molecule has 2 heterocycles. The van der Waals surface area contributed by atoms with Crippen LogP contribution in [0.4, 0.5) is 0 Å². The summed E-state index contributed by atoms with van der Waals surface area (Å²) >= 11 is 0. The Labute approximate surface area is 149 Å². The summed E-state index contributed by atoms with van der Waals surface area (Å²) in [7, 11) is -1.70. The van der Waals surface area contributed by atoms with Gasteiger partial charge in [0.25, 0.3) is 0 Å². The Bertz CT molecular complexity index is 680. The van der Waals surface area contributed by atoms with E-state index in [2.05, 4.69) is 19.9 Å². The molecule has 2 rings (SSSR count). The highest BCUT2D eigenvalue weighted by Crippen LogP contribution is 2.19. The van der Waals surface area contributed by atoms with Crippen LogP contribution in [0.3, 0.4) is 0 Å². The maximum absolute atomic E-state index is 11.4. The van der Waals surface area contributed by atoms with E-state index in [0.29, 0.717) is 13.0 Å². The first kappa shape index (κ1) is 19.6. The van der Waals surface area contributed by atoms with Crippen LogP contribution in [0.15, 0.2) is 18.3 Å². The number of hydrogen-bond donors (Lipinski definition) is 2. The number of ether oxygens (including phenoxy) is 1. The molecule has 8 nitrogen and oxygen atoms in total. The summed E-state index contributed by atoms with van der Waals surface area (Å²) in [6, 6.07) is 3.64. The van der Waals surface area contributed by atoms with Gasteiger partial charge in [0, 0.05) is 32.3 Å². The average molecular weight is 370 g/mol. The quantitative estimate of drug-likeness (QED) is 0.640. The smallest absolute Gasteiger partial charge is 0.217 e. The number of nitrogens with one attached hydrogen (secondary N) is 2. The van der Waals surface area contributed by atoms with Crippen LogP contribution in [0.25, 0.3) is 0 Å². The maximum Gasteiger partial charge on any atom is 0.217 e. The number of aromatic nitrogens is 1. The molecule has 1 aromatic rings. The first-order valence-electron chi connectivity index (χ1n) is 8.37. The van der Waals surface area contributed by atoms with Gasteiger partial charge in [0.1, 0.15) is 11.9 Å². The molecule has 0 bridgehead atoms. The molecule has 9 heteroatoms. The molecule has 1 unspecified atom stereocenters. The fourth-order valence-electron chi connectivity index (χ4n) is 2.71. The van der Waals surface area contributed by atoms with Gasteiger partial charge in [0.2, 0.25) is 15.9 Å². The standard InChI is InChI=1S/C16H26N4O4S/c1-13(21)19-11-14-10-15(4-6-18-14)24-16-5-8-20(12-16)7-3-9-25(22,23)17-2/h4,6,10,16-17H,3,5,7-9,11-12H2,1-2H3,(H,19,21). The largest absolute Gasteiger partial charge is 0.489 e. The first-order valence-corrected chi connectivity index (χ1v) is 10.0. The van der Waals surface area contributed by atoms with E-state index in [1.54, 1.807) is 12.3 Å². The van der Waals surface area contributed by atoms with Gasteiger partial charge in [-0.05, 0) is 32.5 Å². The summed E-state index contributed by atoms with van der Waals surface area (Å²) in [5.41, 5.74) is 0.750. The second-order valence-corrected chi connectivity index (χ2v) is 8.14. The molecule has 1 amide bonds. The molecule has 140 valence electrons. The SMILES string of the molecule is CNS(=O)(=O)CCCN1CCC(Oc2ccnc(CNC(C)=O)c2)C1. The van der Waals surface area contributed by atoms with Crippen molar-refractivity contribution in [2.45, 2.75) is 32.4 Å². The van der Waals surface area contributed by atoms with Crippen molar-refractivity contribution in [1.82, 2.24) is 19.9 Å². The molecule has 1 aliphatic heterocycles. The van der Waals surface area contributed by atoms with Crippen molar-refractivity contribution in [1.29, 1.82) is 0 Å². The molecule has 1 saturated heterocycles. The number of amides is 1. The minimum Gasteiger partial charge on any atom is -0.489 e. The van der Waals surface area contributed by atoms with E-state index in [1.165, 1.54) is 14.0 Å². The van der Waals surface area contributed by atoms with Gasteiger partial charge in [-0.2, -0.15) is 0 Å².